The Bertz CT molecular complexity index is 683. The van der Waals surface area contributed by atoms with E-state index in [4.69, 9.17) is 0 Å². The molecule has 0 amide bonds. The van der Waals surface area contributed by atoms with E-state index in [1.54, 1.807) is 6.07 Å². The molecular weight excluding hydrogens is 329 g/mol. The summed E-state index contributed by atoms with van der Waals surface area (Å²) in [6.45, 7) is 3.23. The summed E-state index contributed by atoms with van der Waals surface area (Å²) in [5.74, 6) is 0. The summed E-state index contributed by atoms with van der Waals surface area (Å²) in [5.41, 5.74) is 0.854. The molecule has 2 aromatic carbocycles. The Hall–Kier alpha value is -2.05. The number of halogens is 3. The zero-order valence-electron chi connectivity index (χ0n) is 13.8. The number of rotatable bonds is 4. The van der Waals surface area contributed by atoms with Crippen molar-refractivity contribution in [3.63, 3.8) is 0 Å². The van der Waals surface area contributed by atoms with E-state index in [0.29, 0.717) is 38.4 Å². The predicted octanol–water partition coefficient (Wildman–Crippen LogP) is 3.56. The Morgan fingerprint density at radius 1 is 0.920 bits per heavy atom. The maximum atomic E-state index is 12.8. The van der Waals surface area contributed by atoms with Gasteiger partial charge in [-0.1, -0.05) is 36.4 Å². The van der Waals surface area contributed by atoms with Gasteiger partial charge in [-0.15, -0.1) is 0 Å². The normalized spacial score (nSPS) is 17.5. The molecule has 3 rings (SSSR count). The van der Waals surface area contributed by atoms with Crippen LogP contribution in [0.4, 0.5) is 18.9 Å². The summed E-state index contributed by atoms with van der Waals surface area (Å²) >= 11 is 0. The second-order valence-electron chi connectivity index (χ2n) is 6.26. The number of alkyl halides is 3. The van der Waals surface area contributed by atoms with Crippen molar-refractivity contribution < 1.29 is 18.3 Å². The van der Waals surface area contributed by atoms with Crippen LogP contribution in [0.2, 0.25) is 0 Å². The molecule has 0 aliphatic carbocycles. The van der Waals surface area contributed by atoms with Gasteiger partial charge in [0.05, 0.1) is 11.7 Å². The zero-order chi connectivity index (χ0) is 17.9. The number of benzene rings is 2. The third-order valence-electron chi connectivity index (χ3n) is 4.53. The molecule has 0 bridgehead atoms. The number of aliphatic hydroxyl groups is 1. The third kappa shape index (κ3) is 4.52. The largest absolute Gasteiger partial charge is 0.416 e. The lowest BCUT2D eigenvalue weighted by atomic mass is 10.1. The first-order valence-electron chi connectivity index (χ1n) is 8.31. The van der Waals surface area contributed by atoms with E-state index in [0.717, 1.165) is 11.6 Å². The van der Waals surface area contributed by atoms with E-state index in [1.807, 2.05) is 35.2 Å². The van der Waals surface area contributed by atoms with Crippen molar-refractivity contribution in [2.45, 2.75) is 12.3 Å². The van der Waals surface area contributed by atoms with Gasteiger partial charge < -0.3 is 10.0 Å². The van der Waals surface area contributed by atoms with E-state index >= 15 is 0 Å². The molecular formula is C19H21F3N2O. The van der Waals surface area contributed by atoms with Crippen molar-refractivity contribution in [2.75, 3.05) is 37.6 Å². The fraction of sp³-hybridized carbons (Fsp3) is 0.368. The number of nitrogens with zero attached hydrogens (tertiary/aromatic N) is 2. The molecule has 0 spiro atoms. The lowest BCUT2D eigenvalue weighted by molar-refractivity contribution is -0.137. The van der Waals surface area contributed by atoms with Gasteiger partial charge in [0.25, 0.3) is 0 Å². The SMILES string of the molecule is O[C@@H](CN1CCN(c2cccc(C(F)(F)F)c2)CC1)c1ccccc1. The third-order valence-corrected chi connectivity index (χ3v) is 4.53. The molecule has 1 aliphatic rings. The summed E-state index contributed by atoms with van der Waals surface area (Å²) < 4.78 is 38.5. The molecule has 1 fully saturated rings. The second kappa shape index (κ2) is 7.45. The Kier molecular flexibility index (Phi) is 5.30. The highest BCUT2D eigenvalue weighted by molar-refractivity contribution is 5.49. The van der Waals surface area contributed by atoms with Gasteiger partial charge in [0.1, 0.15) is 0 Å². The van der Waals surface area contributed by atoms with Crippen LogP contribution >= 0.6 is 0 Å². The van der Waals surface area contributed by atoms with Crippen LogP contribution in [0.15, 0.2) is 54.6 Å². The number of piperazine rings is 1. The van der Waals surface area contributed by atoms with E-state index in [1.165, 1.54) is 12.1 Å². The molecule has 1 heterocycles. The maximum absolute atomic E-state index is 12.8. The first kappa shape index (κ1) is 17.8. The molecule has 25 heavy (non-hydrogen) atoms. The van der Waals surface area contributed by atoms with Crippen molar-refractivity contribution >= 4 is 5.69 Å². The summed E-state index contributed by atoms with van der Waals surface area (Å²) in [6.07, 6.45) is -4.88. The van der Waals surface area contributed by atoms with E-state index in [9.17, 15) is 18.3 Å². The fourth-order valence-electron chi connectivity index (χ4n) is 3.09. The molecule has 134 valence electrons. The van der Waals surface area contributed by atoms with Crippen LogP contribution in [-0.2, 0) is 6.18 Å². The van der Waals surface area contributed by atoms with Crippen LogP contribution in [-0.4, -0.2) is 42.7 Å². The van der Waals surface area contributed by atoms with Crippen molar-refractivity contribution in [2.24, 2.45) is 0 Å². The summed E-state index contributed by atoms with van der Waals surface area (Å²) in [4.78, 5) is 4.10. The Morgan fingerprint density at radius 3 is 2.24 bits per heavy atom. The van der Waals surface area contributed by atoms with Gasteiger partial charge >= 0.3 is 6.18 Å². The van der Waals surface area contributed by atoms with Crippen molar-refractivity contribution in [3.05, 3.63) is 65.7 Å². The number of hydrogen-bond acceptors (Lipinski definition) is 3. The van der Waals surface area contributed by atoms with Gasteiger partial charge in [-0.3, -0.25) is 4.90 Å². The Morgan fingerprint density at radius 2 is 1.60 bits per heavy atom. The number of β-amino-alcohol motifs (C(OH)–C–C–N with tert-alkyl or cyclic N) is 1. The fourth-order valence-corrected chi connectivity index (χ4v) is 3.09. The molecule has 0 radical (unpaired) electrons. The highest BCUT2D eigenvalue weighted by Crippen LogP contribution is 2.32. The van der Waals surface area contributed by atoms with Gasteiger partial charge in [0.15, 0.2) is 0 Å². The second-order valence-corrected chi connectivity index (χ2v) is 6.26. The molecule has 1 aliphatic heterocycles. The minimum absolute atomic E-state index is 0.528. The average Bonchev–Trinajstić information content (AvgIpc) is 2.62. The minimum atomic E-state index is -4.32. The first-order valence-corrected chi connectivity index (χ1v) is 8.31. The van der Waals surface area contributed by atoms with Crippen molar-refractivity contribution in [3.8, 4) is 0 Å². The number of aliphatic hydroxyl groups excluding tert-OH is 1. The van der Waals surface area contributed by atoms with Gasteiger partial charge in [0.2, 0.25) is 0 Å². The van der Waals surface area contributed by atoms with E-state index < -0.39 is 17.8 Å². The average molecular weight is 350 g/mol. The molecule has 0 aromatic heterocycles. The highest BCUT2D eigenvalue weighted by atomic mass is 19.4. The van der Waals surface area contributed by atoms with Gasteiger partial charge in [-0.05, 0) is 23.8 Å². The molecule has 1 N–H and O–H groups in total. The summed E-state index contributed by atoms with van der Waals surface area (Å²) in [5, 5.41) is 10.3. The van der Waals surface area contributed by atoms with Crippen LogP contribution in [0.3, 0.4) is 0 Å². The standard InChI is InChI=1S/C19H21F3N2O/c20-19(21,22)16-7-4-8-17(13-16)24-11-9-23(10-12-24)14-18(25)15-5-2-1-3-6-15/h1-8,13,18,25H,9-12,14H2/t18-/m0/s1. The molecule has 0 unspecified atom stereocenters. The predicted molar refractivity (Wildman–Crippen MR) is 91.5 cm³/mol. The number of hydrogen-bond donors (Lipinski definition) is 1. The van der Waals surface area contributed by atoms with Crippen molar-refractivity contribution in [1.29, 1.82) is 0 Å². The molecule has 1 atom stereocenters. The molecule has 1 saturated heterocycles. The maximum Gasteiger partial charge on any atom is 0.416 e. The zero-order valence-corrected chi connectivity index (χ0v) is 13.8. The molecule has 3 nitrogen and oxygen atoms in total. The van der Waals surface area contributed by atoms with Crippen LogP contribution in [0.25, 0.3) is 0 Å². The monoisotopic (exact) mass is 350 g/mol. The van der Waals surface area contributed by atoms with Crippen LogP contribution in [0.1, 0.15) is 17.2 Å². The lowest BCUT2D eigenvalue weighted by Crippen LogP contribution is -2.47. The molecule has 2 aromatic rings. The quantitative estimate of drug-likeness (QED) is 0.913. The minimum Gasteiger partial charge on any atom is -0.387 e. The van der Waals surface area contributed by atoms with Gasteiger partial charge in [-0.2, -0.15) is 13.2 Å². The Balaban J connectivity index is 1.57. The van der Waals surface area contributed by atoms with Crippen LogP contribution < -0.4 is 4.90 Å². The summed E-state index contributed by atoms with van der Waals surface area (Å²) in [6, 6.07) is 14.9. The Labute approximate surface area is 145 Å². The number of anilines is 1. The van der Waals surface area contributed by atoms with E-state index in [2.05, 4.69) is 4.90 Å². The van der Waals surface area contributed by atoms with Crippen molar-refractivity contribution in [1.82, 2.24) is 4.90 Å². The first-order chi connectivity index (χ1) is 11.9. The smallest absolute Gasteiger partial charge is 0.387 e. The van der Waals surface area contributed by atoms with Gasteiger partial charge in [0, 0.05) is 38.4 Å². The molecule has 0 saturated carbocycles. The van der Waals surface area contributed by atoms with E-state index in [-0.39, 0.29) is 0 Å². The lowest BCUT2D eigenvalue weighted by Gasteiger charge is -2.37. The molecule has 6 heteroatoms. The summed E-state index contributed by atoms with van der Waals surface area (Å²) in [7, 11) is 0. The highest BCUT2D eigenvalue weighted by Gasteiger charge is 2.31. The van der Waals surface area contributed by atoms with Gasteiger partial charge in [-0.25, -0.2) is 0 Å². The van der Waals surface area contributed by atoms with Crippen LogP contribution in [0.5, 0.6) is 0 Å². The topological polar surface area (TPSA) is 26.7 Å². The van der Waals surface area contributed by atoms with Crippen LogP contribution in [0, 0.1) is 0 Å².